The third-order valence-electron chi connectivity index (χ3n) is 18.0. The predicted octanol–water partition coefficient (Wildman–Crippen LogP) is 7.68. The Balaban J connectivity index is 0.580. The minimum absolute atomic E-state index is 0.00352. The number of fused-ring (bicyclic) bond motifs is 2. The summed E-state index contributed by atoms with van der Waals surface area (Å²) in [5.41, 5.74) is 14.7. The first-order chi connectivity index (χ1) is 38.1. The van der Waals surface area contributed by atoms with Crippen LogP contribution >= 0.6 is 11.3 Å². The van der Waals surface area contributed by atoms with Crippen LogP contribution in [-0.2, 0) is 9.59 Å². The summed E-state index contributed by atoms with van der Waals surface area (Å²) in [6.45, 7) is 12.8. The zero-order valence-corrected chi connectivity index (χ0v) is 46.2. The zero-order chi connectivity index (χ0) is 54.7. The van der Waals surface area contributed by atoms with Gasteiger partial charge in [-0.3, -0.25) is 9.59 Å². The number of benzene rings is 2. The van der Waals surface area contributed by atoms with E-state index in [1.807, 2.05) is 81.9 Å². The van der Waals surface area contributed by atoms with E-state index in [9.17, 15) is 19.8 Å². The third kappa shape index (κ3) is 10.0. The van der Waals surface area contributed by atoms with Gasteiger partial charge < -0.3 is 55.3 Å². The molecule has 3 saturated heterocycles. The number of rotatable bonds is 17. The first-order valence-corrected chi connectivity index (χ1v) is 28.7. The van der Waals surface area contributed by atoms with E-state index in [0.29, 0.717) is 52.8 Å². The van der Waals surface area contributed by atoms with E-state index >= 15 is 0 Å². The largest absolute Gasteiger partial charge is 0.507 e. The molecule has 7 fully saturated rings. The van der Waals surface area contributed by atoms with Gasteiger partial charge in [-0.15, -0.1) is 21.5 Å². The number of nitrogens with one attached hydrogen (secondary N) is 2. The van der Waals surface area contributed by atoms with Gasteiger partial charge in [0.25, 0.3) is 5.88 Å². The summed E-state index contributed by atoms with van der Waals surface area (Å²) in [5, 5.41) is 40.8. The van der Waals surface area contributed by atoms with Crippen molar-refractivity contribution in [1.82, 2.24) is 40.9 Å². The van der Waals surface area contributed by atoms with Crippen LogP contribution in [-0.4, -0.2) is 121 Å². The van der Waals surface area contributed by atoms with E-state index in [0.717, 1.165) is 91.2 Å². The number of aromatic hydroxyl groups is 1. The second-order valence-corrected chi connectivity index (χ2v) is 24.2. The maximum atomic E-state index is 14.3. The highest BCUT2D eigenvalue weighted by Gasteiger charge is 2.72. The number of carbonyl (C=O) groups is 2. The lowest BCUT2D eigenvalue weighted by Crippen LogP contribution is -2.72. The second-order valence-electron chi connectivity index (χ2n) is 23.3. The Hall–Kier alpha value is -7.27. The number of nitrogens with two attached hydrogens (primary N) is 1. The number of thiazole rings is 1. The molecule has 79 heavy (non-hydrogen) atoms. The van der Waals surface area contributed by atoms with Gasteiger partial charge in [-0.1, -0.05) is 69.0 Å². The smallest absolute Gasteiger partial charge is 0.255 e. The number of hydrogen-bond acceptors (Lipinski definition) is 17. The molecular weight excluding hydrogens is 1020 g/mol. The topological polar surface area (TPSA) is 230 Å². The number of pyridine rings is 1. The number of nitrogens with zero attached hydrogens (tertiary/aromatic N) is 8. The van der Waals surface area contributed by atoms with Gasteiger partial charge in [0.15, 0.2) is 18.2 Å². The van der Waals surface area contributed by atoms with Crippen LogP contribution in [0.3, 0.4) is 0 Å². The number of β-amino-alcohol motifs (C(OH)–C–C–N with tert-alkyl or cyclic N) is 1. The number of phenolic OH excluding ortho intramolecular Hbond substituents is 1. The average Bonchev–Trinajstić information content (AvgIpc) is 2.74. The molecule has 2 unspecified atom stereocenters. The number of aliphatic hydroxyl groups excluding tert-OH is 1. The maximum Gasteiger partial charge on any atom is 0.255 e. The Bertz CT molecular complexity index is 3270. The standard InChI is InChI=1S/C60H69N11O7S/c1-34(2)54(58(75)70-29-44(72)24-49(70)57(74)65-35(3)38-11-13-39(14-12-38)55-36(4)64-33-79-55)51-26-53(68-78-51)76-20-8-18-59-30-60(31-59,37(59)5)32-63-40-21-45(22-40)77-52-23-41(17-19-62-52)71-42-15-16-43(71)28-69(27-42)48-25-47(66-67-56(48)61)46-9-6-7-10-50(46)73/h6-7,9-14,17,19,23,25-26,33-35,37,40,42-45,49,54,63,72-73H,15-16,20-22,24,27-32H2,1-5H3,(H2,61,67)(H,65,74)/t35-,37+,40?,42?,43?,44+,45?,49-,54+,59?,60?/m0/s1. The summed E-state index contributed by atoms with van der Waals surface area (Å²) < 4.78 is 18.1. The quantitative estimate of drug-likeness (QED) is 0.0552. The molecule has 7 aliphatic rings. The fourth-order valence-corrected chi connectivity index (χ4v) is 14.3. The number of aromatic nitrogens is 5. The van der Waals surface area contributed by atoms with E-state index in [1.165, 1.54) is 4.90 Å². The molecule has 4 aromatic heterocycles. The lowest BCUT2D eigenvalue weighted by molar-refractivity contribution is -0.230. The predicted molar refractivity (Wildman–Crippen MR) is 300 cm³/mol. The summed E-state index contributed by atoms with van der Waals surface area (Å²) in [4.78, 5) is 44.4. The second kappa shape index (κ2) is 21.1. The highest BCUT2D eigenvalue weighted by molar-refractivity contribution is 7.13. The highest BCUT2D eigenvalue weighted by Crippen LogP contribution is 2.76. The number of hydrogen-bond donors (Lipinski definition) is 5. The van der Waals surface area contributed by atoms with Crippen LogP contribution in [0.1, 0.15) is 102 Å². The summed E-state index contributed by atoms with van der Waals surface area (Å²) in [6, 6.07) is 22.8. The third-order valence-corrected chi connectivity index (χ3v) is 19.0. The Labute approximate surface area is 464 Å². The number of amides is 2. The van der Waals surface area contributed by atoms with Gasteiger partial charge >= 0.3 is 0 Å². The molecule has 4 aliphatic carbocycles. The Kier molecular flexibility index (Phi) is 14.0. The number of aryl methyl sites for hydroxylation is 1. The average molecular weight is 1090 g/mol. The molecule has 18 nitrogen and oxygen atoms in total. The number of aliphatic hydroxyl groups is 1. The summed E-state index contributed by atoms with van der Waals surface area (Å²) >= 11 is 1.59. The van der Waals surface area contributed by atoms with Crippen LogP contribution in [0.5, 0.6) is 17.5 Å². The number of carbonyl (C=O) groups excluding carboxylic acids is 2. The molecule has 7 heterocycles. The lowest BCUT2D eigenvalue weighted by Gasteiger charge is -2.74. The molecule has 0 spiro atoms. The lowest BCUT2D eigenvalue weighted by atomic mass is 9.29. The monoisotopic (exact) mass is 1090 g/mol. The molecule has 19 heteroatoms. The van der Waals surface area contributed by atoms with Crippen LogP contribution in [0, 0.1) is 41.4 Å². The van der Waals surface area contributed by atoms with Crippen LogP contribution in [0.2, 0.25) is 0 Å². The van der Waals surface area contributed by atoms with Crippen molar-refractivity contribution in [2.45, 2.75) is 128 Å². The van der Waals surface area contributed by atoms with Crippen LogP contribution in [0.15, 0.2) is 89.0 Å². The number of phenols is 1. The fraction of sp³-hybridized carbons (Fsp3) is 0.483. The molecule has 6 N–H and O–H groups in total. The fourth-order valence-electron chi connectivity index (χ4n) is 13.5. The number of piperazine rings is 1. The number of likely N-dealkylation sites (tertiary alicyclic amines) is 1. The van der Waals surface area contributed by atoms with E-state index < -0.39 is 18.1 Å². The molecule has 0 radical (unpaired) electrons. The molecule has 2 amide bonds. The zero-order valence-electron chi connectivity index (χ0n) is 45.3. The van der Waals surface area contributed by atoms with Crippen molar-refractivity contribution < 1.29 is 33.8 Å². The van der Waals surface area contributed by atoms with Crippen molar-refractivity contribution in [3.63, 3.8) is 0 Å². The van der Waals surface area contributed by atoms with Gasteiger partial charge in [-0.2, -0.15) is 0 Å². The number of para-hydroxylation sites is 1. The van der Waals surface area contributed by atoms with E-state index in [4.69, 9.17) is 19.7 Å². The van der Waals surface area contributed by atoms with Gasteiger partial charge in [-0.05, 0) is 110 Å². The molecule has 412 valence electrons. The minimum atomic E-state index is -0.837. The molecule has 7 atom stereocenters. The van der Waals surface area contributed by atoms with Crippen molar-refractivity contribution in [2.75, 3.05) is 48.3 Å². The van der Waals surface area contributed by atoms with Crippen LogP contribution < -0.4 is 35.6 Å². The van der Waals surface area contributed by atoms with E-state index in [-0.39, 0.29) is 71.9 Å². The summed E-state index contributed by atoms with van der Waals surface area (Å²) in [7, 11) is 0. The maximum absolute atomic E-state index is 14.3. The van der Waals surface area contributed by atoms with Crippen molar-refractivity contribution in [3.05, 3.63) is 102 Å². The van der Waals surface area contributed by atoms with Crippen molar-refractivity contribution in [1.29, 1.82) is 0 Å². The first-order valence-electron chi connectivity index (χ1n) is 27.8. The van der Waals surface area contributed by atoms with Gasteiger partial charge in [0, 0.05) is 85.7 Å². The number of anilines is 3. The number of ether oxygens (including phenoxy) is 2. The van der Waals surface area contributed by atoms with Gasteiger partial charge in [-0.25, -0.2) is 9.97 Å². The Morgan fingerprint density at radius 3 is 2.46 bits per heavy atom. The van der Waals surface area contributed by atoms with E-state index in [2.05, 4.69) is 76.7 Å². The summed E-state index contributed by atoms with van der Waals surface area (Å²) in [6.07, 6.45) is 7.43. The van der Waals surface area contributed by atoms with Crippen molar-refractivity contribution >= 4 is 40.3 Å². The SMILES string of the molecule is Cc1ncsc1-c1ccc([C@H](C)NC(=O)[C@@H]2C[C@@H](O)CN2C(=O)[C@@H](c2cc(OCC#CC34CC(CNC5CC(Oc6cc(N7C8CCC7CN(c7cc(-c9ccccc9O)nnc7N)C8)ccn6)C5)(C3)[C@@H]4C)no2)C(C)C)cc1. The summed E-state index contributed by atoms with van der Waals surface area (Å²) in [5.74, 6) is 7.50. The van der Waals surface area contributed by atoms with E-state index in [1.54, 1.807) is 29.5 Å². The van der Waals surface area contributed by atoms with Crippen molar-refractivity contribution in [3.8, 4) is 51.0 Å². The Morgan fingerprint density at radius 1 is 0.962 bits per heavy atom. The first kappa shape index (κ1) is 52.4. The normalized spacial score (nSPS) is 27.3. The van der Waals surface area contributed by atoms with Gasteiger partial charge in [0.05, 0.1) is 39.6 Å². The molecular formula is C60H69N11O7S. The molecule has 13 rings (SSSR count). The molecule has 4 saturated carbocycles. The highest BCUT2D eigenvalue weighted by atomic mass is 32.1. The van der Waals surface area contributed by atoms with Crippen molar-refractivity contribution in [2.24, 2.45) is 22.7 Å². The molecule has 4 bridgehead atoms. The van der Waals surface area contributed by atoms with Gasteiger partial charge in [0.2, 0.25) is 17.7 Å². The van der Waals surface area contributed by atoms with Crippen LogP contribution in [0.4, 0.5) is 17.2 Å². The minimum Gasteiger partial charge on any atom is -0.507 e. The van der Waals surface area contributed by atoms with Crippen LogP contribution in [0.25, 0.3) is 21.7 Å². The molecule has 2 aromatic carbocycles. The Morgan fingerprint density at radius 2 is 1.73 bits per heavy atom. The molecule has 6 aromatic rings. The molecule has 3 aliphatic heterocycles. The van der Waals surface area contributed by atoms with Gasteiger partial charge in [0.1, 0.15) is 23.8 Å². The number of nitrogen functional groups attached to an aromatic ring is 1.